The van der Waals surface area contributed by atoms with Gasteiger partial charge in [-0.2, -0.15) is 0 Å². The van der Waals surface area contributed by atoms with Gasteiger partial charge in [-0.1, -0.05) is 13.8 Å². The van der Waals surface area contributed by atoms with Crippen LogP contribution in [0.25, 0.3) is 0 Å². The molecule has 124 valence electrons. The summed E-state index contributed by atoms with van der Waals surface area (Å²) in [6, 6.07) is 0. The molecule has 0 saturated carbocycles. The highest BCUT2D eigenvalue weighted by molar-refractivity contribution is 7.14. The third-order valence-electron chi connectivity index (χ3n) is 4.05. The Balaban J connectivity index is 1.60. The summed E-state index contributed by atoms with van der Waals surface area (Å²) < 4.78 is 0. The van der Waals surface area contributed by atoms with E-state index in [0.717, 1.165) is 42.9 Å². The van der Waals surface area contributed by atoms with Crippen molar-refractivity contribution in [1.82, 2.24) is 14.9 Å². The number of amides is 1. The number of carbonyl (C=O) groups is 1. The Hall–Kier alpha value is -1.31. The normalized spacial score (nSPS) is 22.2. The highest BCUT2D eigenvalue weighted by Gasteiger charge is 2.22. The summed E-state index contributed by atoms with van der Waals surface area (Å²) in [5, 5.41) is 5.58. The van der Waals surface area contributed by atoms with Crippen LogP contribution in [0, 0.1) is 18.8 Å². The number of anilines is 1. The molecule has 23 heavy (non-hydrogen) atoms. The molecule has 5 nitrogen and oxygen atoms in total. The fraction of sp³-hybridized carbons (Fsp3) is 0.562. The number of hydrogen-bond donors (Lipinski definition) is 1. The zero-order valence-electron chi connectivity index (χ0n) is 13.7. The van der Waals surface area contributed by atoms with Crippen LogP contribution >= 0.6 is 22.7 Å². The Labute approximate surface area is 144 Å². The van der Waals surface area contributed by atoms with E-state index in [1.54, 1.807) is 5.51 Å². The number of nitrogens with zero attached hydrogens (tertiary/aromatic N) is 3. The zero-order chi connectivity index (χ0) is 16.4. The van der Waals surface area contributed by atoms with Crippen LogP contribution in [0.2, 0.25) is 0 Å². The van der Waals surface area contributed by atoms with Crippen molar-refractivity contribution in [3.8, 4) is 0 Å². The first kappa shape index (κ1) is 16.5. The molecule has 0 radical (unpaired) electrons. The lowest BCUT2D eigenvalue weighted by Crippen LogP contribution is -2.38. The summed E-state index contributed by atoms with van der Waals surface area (Å²) in [5.74, 6) is 1.36. The van der Waals surface area contributed by atoms with E-state index in [9.17, 15) is 4.79 Å². The molecule has 1 aliphatic heterocycles. The Kier molecular flexibility index (Phi) is 5.08. The fourth-order valence-electron chi connectivity index (χ4n) is 3.26. The molecule has 2 atom stereocenters. The summed E-state index contributed by atoms with van der Waals surface area (Å²) in [5.41, 5.74) is 3.49. The van der Waals surface area contributed by atoms with Crippen LogP contribution < -0.4 is 5.32 Å². The number of aryl methyl sites for hydroxylation is 1. The van der Waals surface area contributed by atoms with E-state index in [1.165, 1.54) is 29.1 Å². The lowest BCUT2D eigenvalue weighted by atomic mass is 9.92. The Bertz CT molecular complexity index is 671. The van der Waals surface area contributed by atoms with Gasteiger partial charge < -0.3 is 0 Å². The number of aromatic nitrogens is 2. The van der Waals surface area contributed by atoms with Crippen molar-refractivity contribution in [1.29, 1.82) is 0 Å². The van der Waals surface area contributed by atoms with Gasteiger partial charge in [-0.05, 0) is 25.2 Å². The van der Waals surface area contributed by atoms with Gasteiger partial charge in [0.2, 0.25) is 0 Å². The first-order valence-electron chi connectivity index (χ1n) is 7.89. The third kappa shape index (κ3) is 4.16. The molecule has 1 fully saturated rings. The summed E-state index contributed by atoms with van der Waals surface area (Å²) in [7, 11) is 0. The average molecular weight is 351 g/mol. The van der Waals surface area contributed by atoms with E-state index in [4.69, 9.17) is 0 Å². The molecular weight excluding hydrogens is 328 g/mol. The first-order valence-corrected chi connectivity index (χ1v) is 9.65. The van der Waals surface area contributed by atoms with E-state index >= 15 is 0 Å². The standard InChI is InChI=1S/C16H22N4OS2/c1-10-4-11(2)6-20(5-10)7-13-8-22-16(18-13)19-15(21)14-12(3)17-9-23-14/h8-11H,4-7H2,1-3H3,(H,18,19,21)/t10-,11-/m1/s1. The molecule has 2 aromatic heterocycles. The molecule has 0 bridgehead atoms. The van der Waals surface area contributed by atoms with Crippen LogP contribution in [0.1, 0.15) is 41.3 Å². The summed E-state index contributed by atoms with van der Waals surface area (Å²) in [6.07, 6.45) is 1.31. The van der Waals surface area contributed by atoms with Gasteiger partial charge in [-0.25, -0.2) is 9.97 Å². The molecule has 3 rings (SSSR count). The predicted molar refractivity (Wildman–Crippen MR) is 95.1 cm³/mol. The molecule has 0 aliphatic carbocycles. The molecule has 0 aromatic carbocycles. The van der Waals surface area contributed by atoms with E-state index in [2.05, 4.69) is 34.0 Å². The fourth-order valence-corrected chi connectivity index (χ4v) is 4.66. The van der Waals surface area contributed by atoms with Gasteiger partial charge in [0.25, 0.3) is 5.91 Å². The Morgan fingerprint density at radius 3 is 2.74 bits per heavy atom. The number of likely N-dealkylation sites (tertiary alicyclic amines) is 1. The number of carbonyl (C=O) groups excluding carboxylic acids is 1. The van der Waals surface area contributed by atoms with Crippen LogP contribution in [0.4, 0.5) is 5.13 Å². The molecule has 3 heterocycles. The first-order chi connectivity index (χ1) is 11.0. The minimum Gasteiger partial charge on any atom is -0.297 e. The van der Waals surface area contributed by atoms with Crippen LogP contribution in [0.15, 0.2) is 10.9 Å². The van der Waals surface area contributed by atoms with Gasteiger partial charge >= 0.3 is 0 Å². The number of hydrogen-bond acceptors (Lipinski definition) is 6. The summed E-state index contributed by atoms with van der Waals surface area (Å²) >= 11 is 2.84. The second-order valence-corrected chi connectivity index (χ2v) is 8.22. The van der Waals surface area contributed by atoms with Crippen molar-refractivity contribution in [2.75, 3.05) is 18.4 Å². The van der Waals surface area contributed by atoms with Crippen molar-refractivity contribution < 1.29 is 4.79 Å². The van der Waals surface area contributed by atoms with E-state index in [1.807, 2.05) is 12.3 Å². The quantitative estimate of drug-likeness (QED) is 0.915. The lowest BCUT2D eigenvalue weighted by molar-refractivity contribution is 0.103. The largest absolute Gasteiger partial charge is 0.297 e. The Morgan fingerprint density at radius 1 is 1.35 bits per heavy atom. The topological polar surface area (TPSA) is 58.1 Å². The summed E-state index contributed by atoms with van der Waals surface area (Å²) in [6.45, 7) is 9.59. The minimum absolute atomic E-state index is 0.119. The molecule has 1 N–H and O–H groups in total. The van der Waals surface area contributed by atoms with Gasteiger partial charge in [-0.3, -0.25) is 15.0 Å². The van der Waals surface area contributed by atoms with Crippen molar-refractivity contribution in [2.24, 2.45) is 11.8 Å². The second-order valence-electron chi connectivity index (χ2n) is 6.51. The van der Waals surface area contributed by atoms with Crippen molar-refractivity contribution in [2.45, 2.75) is 33.7 Å². The van der Waals surface area contributed by atoms with Gasteiger partial charge in [0.05, 0.1) is 16.9 Å². The maximum absolute atomic E-state index is 12.2. The lowest BCUT2D eigenvalue weighted by Gasteiger charge is -2.34. The Morgan fingerprint density at radius 2 is 2.09 bits per heavy atom. The molecule has 0 spiro atoms. The SMILES string of the molecule is Cc1ncsc1C(=O)Nc1nc(CN2C[C@H](C)C[C@@H](C)C2)cs1. The average Bonchev–Trinajstić information content (AvgIpc) is 3.07. The molecule has 1 saturated heterocycles. The van der Waals surface area contributed by atoms with Gasteiger partial charge in [0, 0.05) is 25.0 Å². The van der Waals surface area contributed by atoms with Crippen molar-refractivity contribution >= 4 is 33.7 Å². The minimum atomic E-state index is -0.119. The smallest absolute Gasteiger partial charge is 0.269 e. The van der Waals surface area contributed by atoms with E-state index in [-0.39, 0.29) is 5.91 Å². The van der Waals surface area contributed by atoms with Crippen LogP contribution in [0.5, 0.6) is 0 Å². The molecule has 7 heteroatoms. The zero-order valence-corrected chi connectivity index (χ0v) is 15.3. The maximum Gasteiger partial charge on any atom is 0.269 e. The van der Waals surface area contributed by atoms with Crippen LogP contribution in [-0.2, 0) is 6.54 Å². The molecule has 1 aliphatic rings. The van der Waals surface area contributed by atoms with E-state index < -0.39 is 0 Å². The van der Waals surface area contributed by atoms with E-state index in [0.29, 0.717) is 10.0 Å². The molecular formula is C16H22N4OS2. The van der Waals surface area contributed by atoms with Crippen molar-refractivity contribution in [3.63, 3.8) is 0 Å². The van der Waals surface area contributed by atoms with Gasteiger partial charge in [0.15, 0.2) is 5.13 Å². The number of nitrogens with one attached hydrogen (secondary N) is 1. The third-order valence-corrected chi connectivity index (χ3v) is 5.79. The second kappa shape index (κ2) is 7.07. The number of rotatable bonds is 4. The maximum atomic E-state index is 12.2. The highest BCUT2D eigenvalue weighted by Crippen LogP contribution is 2.24. The van der Waals surface area contributed by atoms with Crippen molar-refractivity contribution in [3.05, 3.63) is 27.2 Å². The predicted octanol–water partition coefficient (Wildman–Crippen LogP) is 3.64. The molecule has 1 amide bonds. The van der Waals surface area contributed by atoms with Crippen LogP contribution in [-0.4, -0.2) is 33.9 Å². The molecule has 2 aromatic rings. The number of thiazole rings is 2. The van der Waals surface area contributed by atoms with Gasteiger partial charge in [-0.15, -0.1) is 22.7 Å². The van der Waals surface area contributed by atoms with Gasteiger partial charge in [0.1, 0.15) is 4.88 Å². The molecule has 0 unspecified atom stereocenters. The monoisotopic (exact) mass is 350 g/mol. The summed E-state index contributed by atoms with van der Waals surface area (Å²) in [4.78, 5) is 24.0. The highest BCUT2D eigenvalue weighted by atomic mass is 32.1. The number of piperidine rings is 1. The van der Waals surface area contributed by atoms with Crippen LogP contribution in [0.3, 0.4) is 0 Å².